The SMILES string of the molecule is COC(=O)CCOc1ccc(CN)c(Cl)c1. The zero-order chi connectivity index (χ0) is 12.0. The molecule has 0 saturated carbocycles. The van der Waals surface area contributed by atoms with Gasteiger partial charge in [0.05, 0.1) is 20.1 Å². The lowest BCUT2D eigenvalue weighted by atomic mass is 10.2. The van der Waals surface area contributed by atoms with Crippen LogP contribution < -0.4 is 10.5 Å². The summed E-state index contributed by atoms with van der Waals surface area (Å²) in [6, 6.07) is 5.25. The van der Waals surface area contributed by atoms with Crippen molar-refractivity contribution < 1.29 is 14.3 Å². The molecule has 0 aliphatic rings. The van der Waals surface area contributed by atoms with Crippen molar-refractivity contribution in [2.45, 2.75) is 13.0 Å². The first-order valence-corrected chi connectivity index (χ1v) is 5.23. The second-order valence-corrected chi connectivity index (χ2v) is 3.54. The number of esters is 1. The van der Waals surface area contributed by atoms with Gasteiger partial charge in [0.1, 0.15) is 5.75 Å². The van der Waals surface area contributed by atoms with Gasteiger partial charge < -0.3 is 15.2 Å². The average Bonchev–Trinajstić information content (AvgIpc) is 2.29. The lowest BCUT2D eigenvalue weighted by molar-refractivity contribution is -0.141. The normalized spacial score (nSPS) is 9.94. The predicted molar refractivity (Wildman–Crippen MR) is 61.5 cm³/mol. The van der Waals surface area contributed by atoms with E-state index in [9.17, 15) is 4.79 Å². The quantitative estimate of drug-likeness (QED) is 0.801. The monoisotopic (exact) mass is 243 g/mol. The van der Waals surface area contributed by atoms with E-state index < -0.39 is 0 Å². The fourth-order valence-electron chi connectivity index (χ4n) is 1.14. The van der Waals surface area contributed by atoms with E-state index in [0.29, 0.717) is 17.3 Å². The fourth-order valence-corrected chi connectivity index (χ4v) is 1.39. The van der Waals surface area contributed by atoms with Gasteiger partial charge in [-0.3, -0.25) is 4.79 Å². The molecule has 0 unspecified atom stereocenters. The van der Waals surface area contributed by atoms with Crippen molar-refractivity contribution in [2.75, 3.05) is 13.7 Å². The number of carbonyl (C=O) groups is 1. The van der Waals surface area contributed by atoms with Gasteiger partial charge in [-0.1, -0.05) is 17.7 Å². The van der Waals surface area contributed by atoms with Gasteiger partial charge in [0.2, 0.25) is 0 Å². The van der Waals surface area contributed by atoms with Gasteiger partial charge in [0.15, 0.2) is 0 Å². The maximum Gasteiger partial charge on any atom is 0.308 e. The predicted octanol–water partition coefficient (Wildman–Crippen LogP) is 1.74. The van der Waals surface area contributed by atoms with Crippen LogP contribution in [0.3, 0.4) is 0 Å². The van der Waals surface area contributed by atoms with Gasteiger partial charge >= 0.3 is 5.97 Å². The van der Waals surface area contributed by atoms with Crippen molar-refractivity contribution in [3.63, 3.8) is 0 Å². The lowest BCUT2D eigenvalue weighted by Crippen LogP contribution is -2.07. The minimum absolute atomic E-state index is 0.215. The largest absolute Gasteiger partial charge is 0.493 e. The Morgan fingerprint density at radius 3 is 2.81 bits per heavy atom. The van der Waals surface area contributed by atoms with E-state index >= 15 is 0 Å². The smallest absolute Gasteiger partial charge is 0.308 e. The first-order chi connectivity index (χ1) is 7.67. The first kappa shape index (κ1) is 12.8. The van der Waals surface area contributed by atoms with Gasteiger partial charge in [-0.25, -0.2) is 0 Å². The Kier molecular flexibility index (Phi) is 5.08. The highest BCUT2D eigenvalue weighted by atomic mass is 35.5. The molecule has 0 atom stereocenters. The number of ether oxygens (including phenoxy) is 2. The Morgan fingerprint density at radius 1 is 1.50 bits per heavy atom. The Hall–Kier alpha value is -1.26. The molecule has 0 amide bonds. The molecule has 5 heteroatoms. The van der Waals surface area contributed by atoms with Gasteiger partial charge in [-0.05, 0) is 17.7 Å². The van der Waals surface area contributed by atoms with Gasteiger partial charge in [0.25, 0.3) is 0 Å². The van der Waals surface area contributed by atoms with Crippen LogP contribution in [0.25, 0.3) is 0 Å². The maximum atomic E-state index is 10.8. The van der Waals surface area contributed by atoms with Crippen LogP contribution in [-0.2, 0) is 16.1 Å². The topological polar surface area (TPSA) is 61.5 Å². The third kappa shape index (κ3) is 3.72. The van der Waals surface area contributed by atoms with Crippen LogP contribution in [0.1, 0.15) is 12.0 Å². The Morgan fingerprint density at radius 2 is 2.25 bits per heavy atom. The minimum atomic E-state index is -0.301. The van der Waals surface area contributed by atoms with Crippen LogP contribution in [0.4, 0.5) is 0 Å². The highest BCUT2D eigenvalue weighted by molar-refractivity contribution is 6.31. The minimum Gasteiger partial charge on any atom is -0.493 e. The number of halogens is 1. The zero-order valence-corrected chi connectivity index (χ0v) is 9.79. The summed E-state index contributed by atoms with van der Waals surface area (Å²) >= 11 is 5.95. The van der Waals surface area contributed by atoms with Crippen molar-refractivity contribution in [3.8, 4) is 5.75 Å². The lowest BCUT2D eigenvalue weighted by Gasteiger charge is -2.07. The molecule has 0 bridgehead atoms. The molecule has 1 aromatic carbocycles. The number of methoxy groups -OCH3 is 1. The van der Waals surface area contributed by atoms with E-state index in [4.69, 9.17) is 22.1 Å². The highest BCUT2D eigenvalue weighted by Gasteiger charge is 2.03. The molecule has 88 valence electrons. The third-order valence-corrected chi connectivity index (χ3v) is 2.40. The molecule has 4 nitrogen and oxygen atoms in total. The van der Waals surface area contributed by atoms with E-state index in [1.165, 1.54) is 7.11 Å². The summed E-state index contributed by atoms with van der Waals surface area (Å²) in [5.41, 5.74) is 6.34. The van der Waals surface area contributed by atoms with E-state index in [2.05, 4.69) is 4.74 Å². The molecule has 1 aromatic rings. The number of carbonyl (C=O) groups excluding carboxylic acids is 1. The molecule has 2 N–H and O–H groups in total. The van der Waals surface area contributed by atoms with E-state index in [-0.39, 0.29) is 19.0 Å². The fraction of sp³-hybridized carbons (Fsp3) is 0.364. The molecule has 0 heterocycles. The number of benzene rings is 1. The van der Waals surface area contributed by atoms with Crippen LogP contribution in [0.2, 0.25) is 5.02 Å². The van der Waals surface area contributed by atoms with Gasteiger partial charge in [0, 0.05) is 11.6 Å². The second-order valence-electron chi connectivity index (χ2n) is 3.13. The summed E-state index contributed by atoms with van der Waals surface area (Å²) in [6.07, 6.45) is 0.215. The van der Waals surface area contributed by atoms with Crippen LogP contribution >= 0.6 is 11.6 Å². The molecule has 0 aromatic heterocycles. The molecule has 0 radical (unpaired) electrons. The summed E-state index contributed by atoms with van der Waals surface area (Å²) < 4.78 is 9.82. The van der Waals surface area contributed by atoms with Crippen molar-refractivity contribution in [1.29, 1.82) is 0 Å². The molecule has 0 fully saturated rings. The molecular formula is C11H14ClNO3. The molecule has 0 aliphatic carbocycles. The number of rotatable bonds is 5. The summed E-state index contributed by atoms with van der Waals surface area (Å²) in [7, 11) is 1.34. The summed E-state index contributed by atoms with van der Waals surface area (Å²) in [5.74, 6) is 0.316. The Bertz CT molecular complexity index is 368. The van der Waals surface area contributed by atoms with E-state index in [0.717, 1.165) is 5.56 Å². The van der Waals surface area contributed by atoms with Crippen LogP contribution in [0, 0.1) is 0 Å². The molecule has 0 spiro atoms. The van der Waals surface area contributed by atoms with Crippen molar-refractivity contribution >= 4 is 17.6 Å². The number of nitrogens with two attached hydrogens (primary N) is 1. The maximum absolute atomic E-state index is 10.8. The van der Waals surface area contributed by atoms with Crippen LogP contribution in [-0.4, -0.2) is 19.7 Å². The second kappa shape index (κ2) is 6.35. The summed E-state index contributed by atoms with van der Waals surface area (Å²) in [6.45, 7) is 0.659. The van der Waals surface area contributed by atoms with E-state index in [1.807, 2.05) is 0 Å². The Labute approximate surface area is 99.3 Å². The van der Waals surface area contributed by atoms with Crippen molar-refractivity contribution in [3.05, 3.63) is 28.8 Å². The molecule has 1 rings (SSSR count). The van der Waals surface area contributed by atoms with Gasteiger partial charge in [-0.2, -0.15) is 0 Å². The number of hydrogen-bond donors (Lipinski definition) is 1. The van der Waals surface area contributed by atoms with Crippen LogP contribution in [0.5, 0.6) is 5.75 Å². The highest BCUT2D eigenvalue weighted by Crippen LogP contribution is 2.22. The standard InChI is InChI=1S/C11H14ClNO3/c1-15-11(14)4-5-16-9-3-2-8(7-13)10(12)6-9/h2-3,6H,4-5,7,13H2,1H3. The molecule has 0 saturated heterocycles. The van der Waals surface area contributed by atoms with Crippen LogP contribution in [0.15, 0.2) is 18.2 Å². The summed E-state index contributed by atoms with van der Waals surface area (Å²) in [4.78, 5) is 10.8. The molecular weight excluding hydrogens is 230 g/mol. The molecule has 0 aliphatic heterocycles. The third-order valence-electron chi connectivity index (χ3n) is 2.05. The summed E-state index contributed by atoms with van der Waals surface area (Å²) in [5, 5.41) is 0.568. The average molecular weight is 244 g/mol. The first-order valence-electron chi connectivity index (χ1n) is 4.85. The zero-order valence-electron chi connectivity index (χ0n) is 9.03. The number of hydrogen-bond acceptors (Lipinski definition) is 4. The van der Waals surface area contributed by atoms with Crippen molar-refractivity contribution in [2.24, 2.45) is 5.73 Å². The van der Waals surface area contributed by atoms with E-state index in [1.54, 1.807) is 18.2 Å². The van der Waals surface area contributed by atoms with Gasteiger partial charge in [-0.15, -0.1) is 0 Å². The molecule has 16 heavy (non-hydrogen) atoms. The Balaban J connectivity index is 2.49. The van der Waals surface area contributed by atoms with Crippen molar-refractivity contribution in [1.82, 2.24) is 0 Å².